The summed E-state index contributed by atoms with van der Waals surface area (Å²) in [5.74, 6) is -0.415. The van der Waals surface area contributed by atoms with Gasteiger partial charge in [-0.05, 0) is 66.7 Å². The highest BCUT2D eigenvalue weighted by Gasteiger charge is 2.50. The van der Waals surface area contributed by atoms with E-state index in [0.717, 1.165) is 60.1 Å². The number of nitrogens with one attached hydrogen (secondary N) is 1. The molecule has 0 radical (unpaired) electrons. The summed E-state index contributed by atoms with van der Waals surface area (Å²) < 4.78 is 10.3. The monoisotopic (exact) mass is 710 g/mol. The lowest BCUT2D eigenvalue weighted by molar-refractivity contribution is -0.144. The van der Waals surface area contributed by atoms with Gasteiger partial charge in [0.25, 0.3) is 0 Å². The molecular formula is C41H50N4O7. The van der Waals surface area contributed by atoms with Crippen LogP contribution in [-0.4, -0.2) is 95.5 Å². The minimum absolute atomic E-state index is 0.0414. The minimum atomic E-state index is -0.668. The Morgan fingerprint density at radius 2 is 1.58 bits per heavy atom. The Hall–Kier alpha value is -4.64. The van der Waals surface area contributed by atoms with Gasteiger partial charge in [-0.3, -0.25) is 24.2 Å². The molecule has 1 N–H and O–H groups in total. The largest absolute Gasteiger partial charge is 0.453 e. The molecule has 11 nitrogen and oxygen atoms in total. The normalized spacial score (nSPS) is 21.6. The second kappa shape index (κ2) is 15.9. The maximum Gasteiger partial charge on any atom is 0.407 e. The Bertz CT molecular complexity index is 1740. The molecule has 0 bridgehead atoms. The molecule has 52 heavy (non-hydrogen) atoms. The van der Waals surface area contributed by atoms with Crippen LogP contribution >= 0.6 is 0 Å². The average molecular weight is 711 g/mol. The third-order valence-electron chi connectivity index (χ3n) is 11.3. The highest BCUT2D eigenvalue weighted by Crippen LogP contribution is 2.42. The lowest BCUT2D eigenvalue weighted by Gasteiger charge is -2.43. The first-order valence-corrected chi connectivity index (χ1v) is 18.6. The van der Waals surface area contributed by atoms with Crippen LogP contribution in [0.5, 0.6) is 0 Å². The molecule has 0 aromatic heterocycles. The van der Waals surface area contributed by atoms with Crippen molar-refractivity contribution in [2.75, 3.05) is 26.9 Å². The number of aliphatic imine (C=N–C) groups is 1. The number of allylic oxidation sites excluding steroid dienone is 1. The molecule has 4 heterocycles. The lowest BCUT2D eigenvalue weighted by atomic mass is 9.87. The van der Waals surface area contributed by atoms with Crippen molar-refractivity contribution in [1.29, 1.82) is 0 Å². The van der Waals surface area contributed by atoms with Crippen LogP contribution in [-0.2, 0) is 23.9 Å². The highest BCUT2D eigenvalue weighted by atomic mass is 16.5. The summed E-state index contributed by atoms with van der Waals surface area (Å²) in [5.41, 5.74) is 5.33. The first kappa shape index (κ1) is 37.1. The van der Waals surface area contributed by atoms with Crippen molar-refractivity contribution in [3.05, 3.63) is 65.9 Å². The number of rotatable bonds is 11. The number of Topliss-reactive ketones (excluding diaryl/α,β-unsaturated/α-hetero) is 2. The van der Waals surface area contributed by atoms with Crippen LogP contribution in [0.25, 0.3) is 16.7 Å². The fourth-order valence-corrected chi connectivity index (χ4v) is 8.44. The average Bonchev–Trinajstić information content (AvgIpc) is 3.92. The Morgan fingerprint density at radius 3 is 2.21 bits per heavy atom. The number of methoxy groups -OCH3 is 1. The molecule has 3 amide bonds. The van der Waals surface area contributed by atoms with Gasteiger partial charge in [-0.1, -0.05) is 62.4 Å². The van der Waals surface area contributed by atoms with Gasteiger partial charge in [0, 0.05) is 69.0 Å². The fraction of sp³-hybridized carbons (Fsp3) is 0.512. The smallest absolute Gasteiger partial charge is 0.407 e. The molecule has 1 spiro atoms. The molecule has 3 atom stereocenters. The van der Waals surface area contributed by atoms with Gasteiger partial charge < -0.3 is 24.6 Å². The second-order valence-corrected chi connectivity index (χ2v) is 14.8. The molecule has 0 saturated carbocycles. The van der Waals surface area contributed by atoms with Crippen molar-refractivity contribution in [2.24, 2.45) is 10.9 Å². The molecule has 3 saturated heterocycles. The number of likely N-dealkylation sites (tertiary alicyclic amines) is 2. The first-order chi connectivity index (χ1) is 25.0. The SMILES string of the molecule is COC(=O)N[C@H](C(=O)N1CCC[C@H]1C1=NC=C(c2ccc(-c3ccc(C(=O)CCC(=O)C4CCC5(CCOCC5)N4C(C)=O)cc3)cc2)C1)C(C)C. The van der Waals surface area contributed by atoms with E-state index in [0.29, 0.717) is 38.2 Å². The van der Waals surface area contributed by atoms with Gasteiger partial charge in [0.15, 0.2) is 11.6 Å². The maximum atomic E-state index is 13.5. The Labute approximate surface area is 305 Å². The van der Waals surface area contributed by atoms with E-state index in [1.54, 1.807) is 4.90 Å². The predicted octanol–water partition coefficient (Wildman–Crippen LogP) is 6.00. The molecule has 11 heteroatoms. The van der Waals surface area contributed by atoms with Crippen LogP contribution in [0.3, 0.4) is 0 Å². The highest BCUT2D eigenvalue weighted by molar-refractivity contribution is 6.04. The zero-order valence-electron chi connectivity index (χ0n) is 30.7. The van der Waals surface area contributed by atoms with Crippen LogP contribution in [0.4, 0.5) is 4.79 Å². The number of hydrogen-bond acceptors (Lipinski definition) is 8. The summed E-state index contributed by atoms with van der Waals surface area (Å²) in [5, 5.41) is 2.70. The summed E-state index contributed by atoms with van der Waals surface area (Å²) in [6.07, 6.45) is 6.79. The van der Waals surface area contributed by atoms with Gasteiger partial charge >= 0.3 is 6.09 Å². The second-order valence-electron chi connectivity index (χ2n) is 14.8. The van der Waals surface area contributed by atoms with E-state index < -0.39 is 18.2 Å². The molecule has 2 aromatic carbocycles. The third-order valence-corrected chi connectivity index (χ3v) is 11.3. The molecule has 1 unspecified atom stereocenters. The minimum Gasteiger partial charge on any atom is -0.453 e. The van der Waals surface area contributed by atoms with Crippen LogP contribution in [0.2, 0.25) is 0 Å². The number of ketones is 2. The van der Waals surface area contributed by atoms with Crippen molar-refractivity contribution in [2.45, 2.75) is 102 Å². The maximum absolute atomic E-state index is 13.5. The van der Waals surface area contributed by atoms with E-state index >= 15 is 0 Å². The van der Waals surface area contributed by atoms with E-state index in [2.05, 4.69) is 17.4 Å². The van der Waals surface area contributed by atoms with Crippen molar-refractivity contribution in [3.63, 3.8) is 0 Å². The number of nitrogens with zero attached hydrogens (tertiary/aromatic N) is 3. The number of ether oxygens (including phenoxy) is 2. The van der Waals surface area contributed by atoms with Gasteiger partial charge in [-0.25, -0.2) is 4.79 Å². The topological polar surface area (TPSA) is 135 Å². The van der Waals surface area contributed by atoms with E-state index in [-0.39, 0.29) is 53.7 Å². The predicted molar refractivity (Wildman–Crippen MR) is 198 cm³/mol. The van der Waals surface area contributed by atoms with Gasteiger partial charge in [0.1, 0.15) is 6.04 Å². The quantitative estimate of drug-likeness (QED) is 0.283. The van der Waals surface area contributed by atoms with Crippen molar-refractivity contribution in [1.82, 2.24) is 15.1 Å². The lowest BCUT2D eigenvalue weighted by Crippen LogP contribution is -2.54. The van der Waals surface area contributed by atoms with Crippen molar-refractivity contribution in [3.8, 4) is 11.1 Å². The summed E-state index contributed by atoms with van der Waals surface area (Å²) in [6, 6.07) is 14.5. The van der Waals surface area contributed by atoms with Gasteiger partial charge in [-0.15, -0.1) is 0 Å². The molecule has 6 rings (SSSR count). The van der Waals surface area contributed by atoms with Crippen LogP contribution in [0.15, 0.2) is 59.7 Å². The molecule has 276 valence electrons. The Morgan fingerprint density at radius 1 is 0.923 bits per heavy atom. The number of benzene rings is 2. The van der Waals surface area contributed by atoms with Gasteiger partial charge in [0.05, 0.1) is 19.2 Å². The number of carbonyl (C=O) groups excluding carboxylic acids is 5. The third kappa shape index (κ3) is 7.74. The standard InChI is InChI=1S/C41H50N4O7/c1-26(2)38(43-40(50)51-4)39(49)44-21-5-6-34(44)33-24-32(25-42-33)30-9-7-28(8-10-30)29-11-13-31(14-12-29)36(47)15-16-37(48)35-17-18-41(45(35)27(3)46)19-22-52-23-20-41/h7-14,25-26,34-35,38H,5-6,15-24H2,1-4H3,(H,43,50)/t34-,35?,38-/m0/s1. The fourth-order valence-electron chi connectivity index (χ4n) is 8.44. The molecule has 3 fully saturated rings. The van der Waals surface area contributed by atoms with Gasteiger partial charge in [-0.2, -0.15) is 0 Å². The summed E-state index contributed by atoms with van der Waals surface area (Å²) >= 11 is 0. The van der Waals surface area contributed by atoms with Crippen LogP contribution in [0, 0.1) is 5.92 Å². The summed E-state index contributed by atoms with van der Waals surface area (Å²) in [6.45, 7) is 7.17. The molecule has 4 aliphatic rings. The first-order valence-electron chi connectivity index (χ1n) is 18.6. The summed E-state index contributed by atoms with van der Waals surface area (Å²) in [4.78, 5) is 72.8. The van der Waals surface area contributed by atoms with E-state index in [4.69, 9.17) is 14.5 Å². The zero-order valence-corrected chi connectivity index (χ0v) is 30.7. The van der Waals surface area contributed by atoms with E-state index in [9.17, 15) is 24.0 Å². The summed E-state index contributed by atoms with van der Waals surface area (Å²) in [7, 11) is 1.29. The van der Waals surface area contributed by atoms with Crippen LogP contribution in [0.1, 0.15) is 94.5 Å². The Balaban J connectivity index is 1.02. The molecule has 2 aromatic rings. The number of hydrogen-bond donors (Lipinski definition) is 1. The zero-order chi connectivity index (χ0) is 37.0. The van der Waals surface area contributed by atoms with Crippen molar-refractivity contribution >= 4 is 40.8 Å². The van der Waals surface area contributed by atoms with E-state index in [1.807, 2.05) is 61.3 Å². The number of amides is 3. The number of carbonyl (C=O) groups is 5. The molecule has 0 aliphatic carbocycles. The molecular weight excluding hydrogens is 660 g/mol. The van der Waals surface area contributed by atoms with Crippen molar-refractivity contribution < 1.29 is 33.4 Å². The number of alkyl carbamates (subject to hydrolysis) is 1. The molecule has 4 aliphatic heterocycles. The van der Waals surface area contributed by atoms with Crippen LogP contribution < -0.4 is 5.32 Å². The Kier molecular flexibility index (Phi) is 11.4. The van der Waals surface area contributed by atoms with E-state index in [1.165, 1.54) is 14.0 Å². The van der Waals surface area contributed by atoms with Gasteiger partial charge in [0.2, 0.25) is 11.8 Å².